The summed E-state index contributed by atoms with van der Waals surface area (Å²) in [7, 11) is 0. The largest absolute Gasteiger partial charge is 0.462 e. The number of aryl methyl sites for hydroxylation is 1. The molecule has 4 aliphatic rings. The maximum atomic E-state index is 12.6. The minimum atomic E-state index is -0.397. The van der Waals surface area contributed by atoms with Crippen LogP contribution in [0.25, 0.3) is 0 Å². The summed E-state index contributed by atoms with van der Waals surface area (Å²) < 4.78 is 5.16. The molecule has 0 spiro atoms. The van der Waals surface area contributed by atoms with Crippen molar-refractivity contribution in [2.24, 2.45) is 17.8 Å². The first-order valence-electron chi connectivity index (χ1n) is 11.5. The van der Waals surface area contributed by atoms with Gasteiger partial charge in [0, 0.05) is 10.3 Å². The number of nitrogens with one attached hydrogen (secondary N) is 2. The number of ether oxygens (including phenoxy) is 1. The van der Waals surface area contributed by atoms with Gasteiger partial charge in [0.25, 0.3) is 0 Å². The number of hydrogen-bond donors (Lipinski definition) is 2. The maximum Gasteiger partial charge on any atom is 0.341 e. The lowest BCUT2D eigenvalue weighted by atomic mass is 9.49. The van der Waals surface area contributed by atoms with Crippen LogP contribution in [-0.4, -0.2) is 39.4 Å². The highest BCUT2D eigenvalue weighted by molar-refractivity contribution is 7.99. The van der Waals surface area contributed by atoms with Crippen molar-refractivity contribution in [3.8, 4) is 0 Å². The monoisotopic (exact) mass is 474 g/mol. The fourth-order valence-electron chi connectivity index (χ4n) is 6.41. The molecular weight excluding hydrogens is 444 g/mol. The lowest BCUT2D eigenvalue weighted by molar-refractivity contribution is -0.113. The van der Waals surface area contributed by atoms with Gasteiger partial charge >= 0.3 is 5.97 Å². The molecule has 4 fully saturated rings. The van der Waals surface area contributed by atoms with E-state index >= 15 is 0 Å². The summed E-state index contributed by atoms with van der Waals surface area (Å²) in [6.45, 7) is 5.89. The summed E-state index contributed by atoms with van der Waals surface area (Å²) in [5.41, 5.74) is 1.48. The Bertz CT molecular complexity index is 1010. The van der Waals surface area contributed by atoms with Gasteiger partial charge in [0.15, 0.2) is 0 Å². The fraction of sp³-hybridized carbons (Fsp3) is 0.652. The predicted molar refractivity (Wildman–Crippen MR) is 125 cm³/mol. The van der Waals surface area contributed by atoms with Crippen LogP contribution in [0.1, 0.15) is 72.1 Å². The number of aromatic amines is 1. The standard InChI is InChI=1S/C23H30N4O3S2/c1-4-30-20(29)18-12(2)13(3)32-19(18)24-17(28)11-31-22-25-21(26-27-22)23-8-14-5-15(9-23)7-16(6-14)10-23/h14-16H,4-11H2,1-3H3,(H,24,28)(H,25,26,27). The van der Waals surface area contributed by atoms with E-state index in [1.165, 1.54) is 61.6 Å². The van der Waals surface area contributed by atoms with Crippen molar-refractivity contribution in [1.29, 1.82) is 0 Å². The average Bonchev–Trinajstić information content (AvgIpc) is 3.31. The van der Waals surface area contributed by atoms with E-state index in [0.29, 0.717) is 22.3 Å². The van der Waals surface area contributed by atoms with Gasteiger partial charge in [-0.15, -0.1) is 16.4 Å². The number of thioether (sulfide) groups is 1. The average molecular weight is 475 g/mol. The molecule has 9 heteroatoms. The van der Waals surface area contributed by atoms with Gasteiger partial charge in [-0.25, -0.2) is 9.78 Å². The molecular formula is C23H30N4O3S2. The predicted octanol–water partition coefficient (Wildman–Crippen LogP) is 4.86. The van der Waals surface area contributed by atoms with Crippen molar-refractivity contribution < 1.29 is 14.3 Å². The minimum absolute atomic E-state index is 0.170. The molecule has 2 aromatic heterocycles. The van der Waals surface area contributed by atoms with Gasteiger partial charge in [-0.1, -0.05) is 11.8 Å². The fourth-order valence-corrected chi connectivity index (χ4v) is 8.07. The molecule has 4 saturated carbocycles. The molecule has 2 N–H and O–H groups in total. The first-order chi connectivity index (χ1) is 15.4. The van der Waals surface area contributed by atoms with E-state index in [4.69, 9.17) is 9.72 Å². The topological polar surface area (TPSA) is 97.0 Å². The van der Waals surface area contributed by atoms with Crippen molar-refractivity contribution in [3.63, 3.8) is 0 Å². The zero-order chi connectivity index (χ0) is 22.5. The summed E-state index contributed by atoms with van der Waals surface area (Å²) in [6.07, 6.45) is 7.87. The van der Waals surface area contributed by atoms with Crippen molar-refractivity contribution >= 4 is 40.0 Å². The SMILES string of the molecule is CCOC(=O)c1c(NC(=O)CSc2n[nH]c(C34CC5CC(CC(C5)C3)C4)n2)sc(C)c1C. The number of esters is 1. The summed E-state index contributed by atoms with van der Waals surface area (Å²) >= 11 is 2.73. The number of carbonyl (C=O) groups is 2. The molecule has 6 rings (SSSR count). The molecule has 2 aromatic rings. The summed E-state index contributed by atoms with van der Waals surface area (Å²) in [4.78, 5) is 30.8. The molecule has 0 saturated heterocycles. The van der Waals surface area contributed by atoms with Crippen molar-refractivity contribution in [3.05, 3.63) is 21.8 Å². The highest BCUT2D eigenvalue weighted by Gasteiger charge is 2.53. The minimum Gasteiger partial charge on any atom is -0.462 e. The van der Waals surface area contributed by atoms with E-state index in [1.807, 2.05) is 13.8 Å². The molecule has 172 valence electrons. The lowest BCUT2D eigenvalue weighted by Crippen LogP contribution is -2.49. The van der Waals surface area contributed by atoms with E-state index in [1.54, 1.807) is 6.92 Å². The quantitative estimate of drug-likeness (QED) is 0.439. The number of H-pyrrole nitrogens is 1. The van der Waals surface area contributed by atoms with Crippen LogP contribution in [0.5, 0.6) is 0 Å². The Morgan fingerprint density at radius 2 is 1.84 bits per heavy atom. The van der Waals surface area contributed by atoms with Crippen LogP contribution >= 0.6 is 23.1 Å². The Morgan fingerprint density at radius 3 is 2.47 bits per heavy atom. The number of aromatic nitrogens is 3. The molecule has 7 nitrogen and oxygen atoms in total. The van der Waals surface area contributed by atoms with Gasteiger partial charge in [0.1, 0.15) is 10.8 Å². The lowest BCUT2D eigenvalue weighted by Gasteiger charge is -2.55. The first kappa shape index (κ1) is 21.9. The number of rotatable bonds is 7. The molecule has 0 unspecified atom stereocenters. The summed E-state index contributed by atoms with van der Waals surface area (Å²) in [5, 5.41) is 11.7. The number of amides is 1. The van der Waals surface area contributed by atoms with Crippen LogP contribution in [0.2, 0.25) is 0 Å². The van der Waals surface area contributed by atoms with Crippen LogP contribution < -0.4 is 5.32 Å². The molecule has 32 heavy (non-hydrogen) atoms. The van der Waals surface area contributed by atoms with Gasteiger partial charge < -0.3 is 10.1 Å². The highest BCUT2D eigenvalue weighted by atomic mass is 32.2. The molecule has 4 aliphatic carbocycles. The first-order valence-corrected chi connectivity index (χ1v) is 13.3. The van der Waals surface area contributed by atoms with Crippen LogP contribution in [0.15, 0.2) is 5.16 Å². The summed E-state index contributed by atoms with van der Waals surface area (Å²) in [6, 6.07) is 0. The smallest absolute Gasteiger partial charge is 0.341 e. The zero-order valence-corrected chi connectivity index (χ0v) is 20.5. The number of thiophene rings is 1. The van der Waals surface area contributed by atoms with E-state index in [0.717, 1.165) is 34.0 Å². The van der Waals surface area contributed by atoms with Gasteiger partial charge in [-0.05, 0) is 82.6 Å². The molecule has 0 radical (unpaired) electrons. The number of hydrogen-bond acceptors (Lipinski definition) is 7. The van der Waals surface area contributed by atoms with Crippen LogP contribution in [0.4, 0.5) is 5.00 Å². The molecule has 1 amide bonds. The van der Waals surface area contributed by atoms with E-state index in [2.05, 4.69) is 15.5 Å². The molecule has 4 bridgehead atoms. The van der Waals surface area contributed by atoms with Crippen LogP contribution in [0.3, 0.4) is 0 Å². The van der Waals surface area contributed by atoms with Gasteiger partial charge in [-0.3, -0.25) is 9.89 Å². The Kier molecular flexibility index (Phi) is 5.82. The van der Waals surface area contributed by atoms with Crippen molar-refractivity contribution in [1.82, 2.24) is 15.2 Å². The number of nitrogens with zero attached hydrogens (tertiary/aromatic N) is 2. The van der Waals surface area contributed by atoms with E-state index in [9.17, 15) is 9.59 Å². The normalized spacial score (nSPS) is 28.2. The van der Waals surface area contributed by atoms with Crippen molar-refractivity contribution in [2.75, 3.05) is 17.7 Å². The second-order valence-electron chi connectivity index (χ2n) is 9.71. The highest BCUT2D eigenvalue weighted by Crippen LogP contribution is 2.60. The van der Waals surface area contributed by atoms with Gasteiger partial charge in [-0.2, -0.15) is 0 Å². The Morgan fingerprint density at radius 1 is 1.19 bits per heavy atom. The Hall–Kier alpha value is -1.87. The van der Waals surface area contributed by atoms with Gasteiger partial charge in [0.05, 0.1) is 17.9 Å². The Balaban J connectivity index is 1.22. The summed E-state index contributed by atoms with van der Waals surface area (Å²) in [5.74, 6) is 3.18. The van der Waals surface area contributed by atoms with Crippen molar-refractivity contribution in [2.45, 2.75) is 69.9 Å². The van der Waals surface area contributed by atoms with Crippen LogP contribution in [-0.2, 0) is 14.9 Å². The number of anilines is 1. The van der Waals surface area contributed by atoms with Gasteiger partial charge in [0.2, 0.25) is 11.1 Å². The third kappa shape index (κ3) is 3.98. The second kappa shape index (κ2) is 8.48. The van der Waals surface area contributed by atoms with E-state index in [-0.39, 0.29) is 17.1 Å². The molecule has 0 aliphatic heterocycles. The van der Waals surface area contributed by atoms with Crippen LogP contribution in [0, 0.1) is 31.6 Å². The maximum absolute atomic E-state index is 12.6. The second-order valence-corrected chi connectivity index (χ2v) is 11.9. The zero-order valence-electron chi connectivity index (χ0n) is 18.8. The number of carbonyl (C=O) groups excluding carboxylic acids is 2. The Labute approximate surface area is 196 Å². The molecule has 2 heterocycles. The molecule has 0 atom stereocenters. The molecule has 0 aromatic carbocycles. The third-order valence-corrected chi connectivity index (χ3v) is 9.43. The van der Waals surface area contributed by atoms with E-state index < -0.39 is 5.97 Å². The third-order valence-electron chi connectivity index (χ3n) is 7.46.